The number of nitrogens with zero attached hydrogens (tertiary/aromatic N) is 2. The summed E-state index contributed by atoms with van der Waals surface area (Å²) in [4.78, 5) is 6.94. The second-order valence-corrected chi connectivity index (χ2v) is 5.17. The molecule has 0 aromatic carbocycles. The van der Waals surface area contributed by atoms with Gasteiger partial charge in [0.2, 0.25) is 0 Å². The molecule has 0 radical (unpaired) electrons. The number of anilines is 1. The van der Waals surface area contributed by atoms with Crippen LogP contribution in [-0.2, 0) is 6.54 Å². The highest BCUT2D eigenvalue weighted by molar-refractivity contribution is 5.43. The zero-order valence-electron chi connectivity index (χ0n) is 12.0. The van der Waals surface area contributed by atoms with Crippen LogP contribution in [0.5, 0.6) is 0 Å². The number of aryl methyl sites for hydroxylation is 1. The summed E-state index contributed by atoms with van der Waals surface area (Å²) >= 11 is 0. The molecule has 0 aliphatic heterocycles. The molecule has 17 heavy (non-hydrogen) atoms. The molecule has 96 valence electrons. The molecule has 3 nitrogen and oxygen atoms in total. The van der Waals surface area contributed by atoms with Gasteiger partial charge in [-0.05, 0) is 45.9 Å². The number of hydrogen-bond donors (Lipinski definition) is 1. The highest BCUT2D eigenvalue weighted by Gasteiger charge is 2.22. The first-order chi connectivity index (χ1) is 7.92. The van der Waals surface area contributed by atoms with Crippen molar-refractivity contribution in [2.45, 2.75) is 46.2 Å². The van der Waals surface area contributed by atoms with E-state index < -0.39 is 0 Å². The minimum atomic E-state index is 0.143. The Kier molecular flexibility index (Phi) is 4.52. The summed E-state index contributed by atoms with van der Waals surface area (Å²) in [6.07, 6.45) is 1.10. The molecule has 0 atom stereocenters. The van der Waals surface area contributed by atoms with E-state index in [2.05, 4.69) is 57.1 Å². The smallest absolute Gasteiger partial charge is 0.128 e. The minimum absolute atomic E-state index is 0.143. The van der Waals surface area contributed by atoms with E-state index in [-0.39, 0.29) is 5.54 Å². The van der Waals surface area contributed by atoms with Crippen LogP contribution in [0.1, 0.15) is 38.4 Å². The lowest BCUT2D eigenvalue weighted by molar-refractivity contribution is 0.467. The molecule has 3 heteroatoms. The van der Waals surface area contributed by atoms with Gasteiger partial charge < -0.3 is 10.2 Å². The summed E-state index contributed by atoms with van der Waals surface area (Å²) in [5.74, 6) is 1.05. The van der Waals surface area contributed by atoms with Gasteiger partial charge in [0.1, 0.15) is 5.82 Å². The summed E-state index contributed by atoms with van der Waals surface area (Å²) in [5, 5.41) is 3.16. The third kappa shape index (κ3) is 3.19. The number of nitrogens with one attached hydrogen (secondary N) is 1. The Balaban J connectivity index is 2.97. The number of rotatable bonds is 5. The van der Waals surface area contributed by atoms with Crippen molar-refractivity contribution in [2.24, 2.45) is 0 Å². The zero-order chi connectivity index (χ0) is 13.1. The molecule has 0 aliphatic carbocycles. The fourth-order valence-electron chi connectivity index (χ4n) is 1.69. The van der Waals surface area contributed by atoms with Crippen molar-refractivity contribution in [2.75, 3.05) is 19.0 Å². The average Bonchev–Trinajstić information content (AvgIpc) is 2.31. The lowest BCUT2D eigenvalue weighted by atomic mass is 10.00. The van der Waals surface area contributed by atoms with Gasteiger partial charge in [0.05, 0.1) is 0 Å². The molecule has 0 aliphatic rings. The van der Waals surface area contributed by atoms with E-state index in [1.54, 1.807) is 0 Å². The predicted molar refractivity (Wildman–Crippen MR) is 74.5 cm³/mol. The third-order valence-electron chi connectivity index (χ3n) is 3.66. The third-order valence-corrected chi connectivity index (χ3v) is 3.66. The fraction of sp³-hybridized carbons (Fsp3) is 0.643. The summed E-state index contributed by atoms with van der Waals surface area (Å²) in [5.41, 5.74) is 2.51. The summed E-state index contributed by atoms with van der Waals surface area (Å²) in [6.45, 7) is 9.64. The Morgan fingerprint density at radius 1 is 1.35 bits per heavy atom. The van der Waals surface area contributed by atoms with Gasteiger partial charge in [-0.3, -0.25) is 0 Å². The maximum atomic E-state index is 4.69. The van der Waals surface area contributed by atoms with Gasteiger partial charge in [0.15, 0.2) is 0 Å². The van der Waals surface area contributed by atoms with Crippen LogP contribution in [0.2, 0.25) is 0 Å². The Morgan fingerprint density at radius 3 is 2.47 bits per heavy atom. The molecule has 0 spiro atoms. The second kappa shape index (κ2) is 5.50. The van der Waals surface area contributed by atoms with E-state index in [9.17, 15) is 0 Å². The van der Waals surface area contributed by atoms with Gasteiger partial charge in [0, 0.05) is 24.8 Å². The SMILES string of the molecule is CCC(C)(C)N(C)c1ccc(CNC)c(C)n1. The van der Waals surface area contributed by atoms with Crippen molar-refractivity contribution in [1.29, 1.82) is 0 Å². The van der Waals surface area contributed by atoms with Gasteiger partial charge in [-0.1, -0.05) is 13.0 Å². The van der Waals surface area contributed by atoms with Crippen molar-refractivity contribution in [3.05, 3.63) is 23.4 Å². The Labute approximate surface area is 105 Å². The fourth-order valence-corrected chi connectivity index (χ4v) is 1.69. The molecule has 1 aromatic heterocycles. The standard InChI is InChI=1S/C14H25N3/c1-7-14(3,4)17(6)13-9-8-12(10-15-5)11(2)16-13/h8-9,15H,7,10H2,1-6H3. The molecule has 0 saturated carbocycles. The molecule has 1 rings (SSSR count). The monoisotopic (exact) mass is 235 g/mol. The van der Waals surface area contributed by atoms with Crippen LogP contribution in [-0.4, -0.2) is 24.6 Å². The van der Waals surface area contributed by atoms with Crippen molar-refractivity contribution in [3.8, 4) is 0 Å². The molecule has 0 amide bonds. The Hall–Kier alpha value is -1.09. The molecule has 1 heterocycles. The van der Waals surface area contributed by atoms with Gasteiger partial charge in [-0.2, -0.15) is 0 Å². The van der Waals surface area contributed by atoms with Crippen molar-refractivity contribution >= 4 is 5.82 Å². The molecular formula is C14H25N3. The molecule has 0 fully saturated rings. The first kappa shape index (κ1) is 14.0. The maximum Gasteiger partial charge on any atom is 0.128 e. The average molecular weight is 235 g/mol. The lowest BCUT2D eigenvalue weighted by Gasteiger charge is -2.36. The Bertz CT molecular complexity index is 372. The molecule has 0 saturated heterocycles. The molecule has 1 aromatic rings. The highest BCUT2D eigenvalue weighted by Crippen LogP contribution is 2.23. The topological polar surface area (TPSA) is 28.2 Å². The van der Waals surface area contributed by atoms with Crippen molar-refractivity contribution in [3.63, 3.8) is 0 Å². The minimum Gasteiger partial charge on any atom is -0.355 e. The first-order valence-corrected chi connectivity index (χ1v) is 6.27. The zero-order valence-corrected chi connectivity index (χ0v) is 12.0. The van der Waals surface area contributed by atoms with E-state index in [0.29, 0.717) is 0 Å². The van der Waals surface area contributed by atoms with Crippen LogP contribution in [0.4, 0.5) is 5.82 Å². The van der Waals surface area contributed by atoms with Gasteiger partial charge >= 0.3 is 0 Å². The van der Waals surface area contributed by atoms with Gasteiger partial charge in [0.25, 0.3) is 0 Å². The van der Waals surface area contributed by atoms with E-state index in [4.69, 9.17) is 4.98 Å². The Morgan fingerprint density at radius 2 is 2.00 bits per heavy atom. The largest absolute Gasteiger partial charge is 0.355 e. The first-order valence-electron chi connectivity index (χ1n) is 6.27. The number of pyridine rings is 1. The quantitative estimate of drug-likeness (QED) is 0.850. The highest BCUT2D eigenvalue weighted by atomic mass is 15.2. The van der Waals surface area contributed by atoms with Crippen LogP contribution in [0.25, 0.3) is 0 Å². The van der Waals surface area contributed by atoms with Crippen LogP contribution < -0.4 is 10.2 Å². The van der Waals surface area contributed by atoms with E-state index >= 15 is 0 Å². The van der Waals surface area contributed by atoms with Crippen LogP contribution in [0.3, 0.4) is 0 Å². The molecule has 1 N–H and O–H groups in total. The van der Waals surface area contributed by atoms with Crippen molar-refractivity contribution in [1.82, 2.24) is 10.3 Å². The van der Waals surface area contributed by atoms with Crippen molar-refractivity contribution < 1.29 is 0 Å². The number of hydrogen-bond acceptors (Lipinski definition) is 3. The maximum absolute atomic E-state index is 4.69. The van der Waals surface area contributed by atoms with E-state index in [0.717, 1.165) is 24.5 Å². The molecule has 0 unspecified atom stereocenters. The predicted octanol–water partition coefficient (Wildman–Crippen LogP) is 2.73. The summed E-state index contributed by atoms with van der Waals surface area (Å²) in [7, 11) is 4.07. The van der Waals surface area contributed by atoms with E-state index in [1.807, 2.05) is 7.05 Å². The van der Waals surface area contributed by atoms with E-state index in [1.165, 1.54) is 5.56 Å². The number of aromatic nitrogens is 1. The normalized spacial score (nSPS) is 11.6. The van der Waals surface area contributed by atoms with Crippen LogP contribution >= 0.6 is 0 Å². The summed E-state index contributed by atoms with van der Waals surface area (Å²) in [6, 6.07) is 4.27. The molecular weight excluding hydrogens is 210 g/mol. The lowest BCUT2D eigenvalue weighted by Crippen LogP contribution is -2.41. The van der Waals surface area contributed by atoms with Crippen LogP contribution in [0, 0.1) is 6.92 Å². The van der Waals surface area contributed by atoms with Crippen LogP contribution in [0.15, 0.2) is 12.1 Å². The van der Waals surface area contributed by atoms with Gasteiger partial charge in [-0.15, -0.1) is 0 Å². The van der Waals surface area contributed by atoms with Gasteiger partial charge in [-0.25, -0.2) is 4.98 Å². The second-order valence-electron chi connectivity index (χ2n) is 5.17. The molecule has 0 bridgehead atoms. The summed E-state index contributed by atoms with van der Waals surface area (Å²) < 4.78 is 0.